The van der Waals surface area contributed by atoms with Crippen molar-refractivity contribution in [2.45, 2.75) is 25.0 Å². The largest absolute Gasteiger partial charge is 0.343 e. The van der Waals surface area contributed by atoms with Crippen molar-refractivity contribution in [1.82, 2.24) is 9.62 Å². The molecule has 0 aromatic heterocycles. The van der Waals surface area contributed by atoms with Crippen molar-refractivity contribution in [1.29, 1.82) is 0 Å². The van der Waals surface area contributed by atoms with Crippen molar-refractivity contribution in [3.63, 3.8) is 0 Å². The summed E-state index contributed by atoms with van der Waals surface area (Å²) in [7, 11) is -3.30. The molecule has 0 radical (unpaired) electrons. The summed E-state index contributed by atoms with van der Waals surface area (Å²) < 4.78 is 26.3. The van der Waals surface area contributed by atoms with Gasteiger partial charge < -0.3 is 4.90 Å². The van der Waals surface area contributed by atoms with Crippen LogP contribution in [0.3, 0.4) is 0 Å². The molecular weight excluding hydrogens is 276 g/mol. The fraction of sp³-hybridized carbons (Fsp3) is 0.500. The zero-order chi connectivity index (χ0) is 14.4. The Kier molecular flexibility index (Phi) is 5.14. The van der Waals surface area contributed by atoms with E-state index in [4.69, 9.17) is 0 Å². The summed E-state index contributed by atoms with van der Waals surface area (Å²) in [6.45, 7) is 1.81. The highest BCUT2D eigenvalue weighted by Crippen LogP contribution is 2.09. The molecule has 0 bridgehead atoms. The van der Waals surface area contributed by atoms with E-state index < -0.39 is 10.0 Å². The predicted octanol–water partition coefficient (Wildman–Crippen LogP) is 1.12. The monoisotopic (exact) mass is 296 g/mol. The Morgan fingerprint density at radius 3 is 2.60 bits per heavy atom. The summed E-state index contributed by atoms with van der Waals surface area (Å²) in [6, 6.07) is 9.09. The Labute approximate surface area is 120 Å². The van der Waals surface area contributed by atoms with E-state index in [0.29, 0.717) is 25.9 Å². The van der Waals surface area contributed by atoms with Crippen LogP contribution in [0.1, 0.15) is 24.8 Å². The Morgan fingerprint density at radius 1 is 1.20 bits per heavy atom. The smallest absolute Gasteiger partial charge is 0.222 e. The number of benzene rings is 1. The average Bonchev–Trinajstić information content (AvgIpc) is 2.81. The van der Waals surface area contributed by atoms with Crippen LogP contribution in [-0.2, 0) is 20.6 Å². The van der Waals surface area contributed by atoms with Gasteiger partial charge in [0.2, 0.25) is 15.9 Å². The van der Waals surface area contributed by atoms with Gasteiger partial charge in [-0.3, -0.25) is 4.79 Å². The lowest BCUT2D eigenvalue weighted by molar-refractivity contribution is -0.127. The second-order valence-corrected chi connectivity index (χ2v) is 6.78. The first-order valence-electron chi connectivity index (χ1n) is 6.86. The molecule has 6 heteroatoms. The molecular formula is C14H20N2O3S. The molecule has 0 spiro atoms. The first-order chi connectivity index (χ1) is 9.57. The molecule has 0 atom stereocenters. The van der Waals surface area contributed by atoms with Crippen LogP contribution in [0.15, 0.2) is 30.3 Å². The molecule has 1 aromatic carbocycles. The third-order valence-electron chi connectivity index (χ3n) is 3.30. The van der Waals surface area contributed by atoms with Gasteiger partial charge in [-0.15, -0.1) is 0 Å². The molecule has 0 saturated carbocycles. The molecule has 1 aliphatic heterocycles. The molecule has 20 heavy (non-hydrogen) atoms. The van der Waals surface area contributed by atoms with Crippen LogP contribution in [0.4, 0.5) is 0 Å². The molecule has 1 amide bonds. The first-order valence-corrected chi connectivity index (χ1v) is 8.51. The van der Waals surface area contributed by atoms with Crippen LogP contribution in [0.25, 0.3) is 0 Å². The lowest BCUT2D eigenvalue weighted by Crippen LogP contribution is -2.31. The molecule has 1 aromatic rings. The van der Waals surface area contributed by atoms with Crippen LogP contribution in [0.5, 0.6) is 0 Å². The van der Waals surface area contributed by atoms with E-state index in [-0.39, 0.29) is 11.7 Å². The zero-order valence-corrected chi connectivity index (χ0v) is 12.2. The normalized spacial score (nSPS) is 15.8. The maximum atomic E-state index is 11.9. The van der Waals surface area contributed by atoms with Crippen molar-refractivity contribution in [2.24, 2.45) is 0 Å². The first kappa shape index (κ1) is 15.0. The van der Waals surface area contributed by atoms with Crippen molar-refractivity contribution >= 4 is 15.9 Å². The number of hydrogen-bond acceptors (Lipinski definition) is 3. The number of likely N-dealkylation sites (tertiary alicyclic amines) is 1. The van der Waals surface area contributed by atoms with Gasteiger partial charge in [-0.05, 0) is 18.4 Å². The summed E-state index contributed by atoms with van der Waals surface area (Å²) in [5.41, 5.74) is 0.773. The number of carbonyl (C=O) groups excluding carboxylic acids is 1. The third-order valence-corrected chi connectivity index (χ3v) is 4.65. The van der Waals surface area contributed by atoms with Gasteiger partial charge in [0.1, 0.15) is 0 Å². The summed E-state index contributed by atoms with van der Waals surface area (Å²) in [4.78, 5) is 13.2. The molecule has 1 heterocycles. The molecule has 5 nitrogen and oxygen atoms in total. The molecule has 0 aliphatic carbocycles. The van der Waals surface area contributed by atoms with E-state index in [0.717, 1.165) is 18.5 Å². The van der Waals surface area contributed by atoms with Crippen LogP contribution in [0, 0.1) is 0 Å². The topological polar surface area (TPSA) is 66.5 Å². The number of hydrogen-bond donors (Lipinski definition) is 1. The van der Waals surface area contributed by atoms with Gasteiger partial charge in [-0.2, -0.15) is 0 Å². The van der Waals surface area contributed by atoms with E-state index in [1.54, 1.807) is 17.0 Å². The van der Waals surface area contributed by atoms with Gasteiger partial charge in [-0.1, -0.05) is 30.3 Å². The van der Waals surface area contributed by atoms with Crippen LogP contribution in [-0.4, -0.2) is 38.9 Å². The van der Waals surface area contributed by atoms with Gasteiger partial charge in [0.05, 0.1) is 5.75 Å². The van der Waals surface area contributed by atoms with Crippen molar-refractivity contribution in [2.75, 3.05) is 19.6 Å². The lowest BCUT2D eigenvalue weighted by Gasteiger charge is -2.15. The molecule has 1 saturated heterocycles. The van der Waals surface area contributed by atoms with Gasteiger partial charge in [0.15, 0.2) is 0 Å². The van der Waals surface area contributed by atoms with Crippen LogP contribution >= 0.6 is 0 Å². The maximum absolute atomic E-state index is 11.9. The number of amides is 1. The number of nitrogens with one attached hydrogen (secondary N) is 1. The Balaban J connectivity index is 1.71. The highest BCUT2D eigenvalue weighted by molar-refractivity contribution is 7.88. The molecule has 1 N–H and O–H groups in total. The van der Waals surface area contributed by atoms with Crippen molar-refractivity contribution in [3.8, 4) is 0 Å². The van der Waals surface area contributed by atoms with Crippen molar-refractivity contribution < 1.29 is 13.2 Å². The second-order valence-electron chi connectivity index (χ2n) is 4.98. The van der Waals surface area contributed by atoms with E-state index in [2.05, 4.69) is 4.72 Å². The quantitative estimate of drug-likeness (QED) is 0.767. The van der Waals surface area contributed by atoms with Crippen LogP contribution in [0.2, 0.25) is 0 Å². The highest BCUT2D eigenvalue weighted by Gasteiger charge is 2.19. The third kappa shape index (κ3) is 4.61. The predicted molar refractivity (Wildman–Crippen MR) is 77.5 cm³/mol. The van der Waals surface area contributed by atoms with Crippen molar-refractivity contribution in [3.05, 3.63) is 35.9 Å². The summed E-state index contributed by atoms with van der Waals surface area (Å²) in [5.74, 6) is 0.174. The second kappa shape index (κ2) is 6.85. The van der Waals surface area contributed by atoms with Gasteiger partial charge in [0.25, 0.3) is 0 Å². The summed E-state index contributed by atoms with van der Waals surface area (Å²) in [5, 5.41) is 0. The van der Waals surface area contributed by atoms with E-state index in [9.17, 15) is 13.2 Å². The minimum absolute atomic E-state index is 0.00349. The molecule has 2 rings (SSSR count). The molecule has 110 valence electrons. The minimum Gasteiger partial charge on any atom is -0.343 e. The fourth-order valence-corrected chi connectivity index (χ4v) is 3.47. The number of sulfonamides is 1. The SMILES string of the molecule is O=C1CCCN1CCCNS(=O)(=O)Cc1ccccc1. The molecule has 1 aliphatic rings. The summed E-state index contributed by atoms with van der Waals surface area (Å²) in [6.07, 6.45) is 2.19. The van der Waals surface area contributed by atoms with Gasteiger partial charge in [0, 0.05) is 26.1 Å². The van der Waals surface area contributed by atoms with E-state index in [1.807, 2.05) is 18.2 Å². The Morgan fingerprint density at radius 2 is 1.95 bits per heavy atom. The maximum Gasteiger partial charge on any atom is 0.222 e. The summed E-state index contributed by atoms with van der Waals surface area (Å²) >= 11 is 0. The number of rotatable bonds is 7. The van der Waals surface area contributed by atoms with Crippen LogP contribution < -0.4 is 4.72 Å². The minimum atomic E-state index is -3.30. The Bertz CT molecular complexity index is 543. The highest BCUT2D eigenvalue weighted by atomic mass is 32.2. The molecule has 1 fully saturated rings. The van der Waals surface area contributed by atoms with E-state index >= 15 is 0 Å². The molecule has 0 unspecified atom stereocenters. The fourth-order valence-electron chi connectivity index (χ4n) is 2.28. The average molecular weight is 296 g/mol. The zero-order valence-electron chi connectivity index (χ0n) is 11.4. The number of carbonyl (C=O) groups is 1. The Hall–Kier alpha value is -1.40. The number of nitrogens with zero attached hydrogens (tertiary/aromatic N) is 1. The standard InChI is InChI=1S/C14H20N2O3S/c17-14-8-4-10-16(14)11-5-9-15-20(18,19)12-13-6-2-1-3-7-13/h1-3,6-7,15H,4-5,8-12H2. The van der Waals surface area contributed by atoms with Gasteiger partial charge in [-0.25, -0.2) is 13.1 Å². The lowest BCUT2D eigenvalue weighted by atomic mass is 10.2. The van der Waals surface area contributed by atoms with Gasteiger partial charge >= 0.3 is 0 Å². The van der Waals surface area contributed by atoms with E-state index in [1.165, 1.54) is 0 Å².